The summed E-state index contributed by atoms with van der Waals surface area (Å²) in [5.74, 6) is 1.19. The average Bonchev–Trinajstić information content (AvgIpc) is 3.12. The average molecular weight is 287 g/mol. The minimum atomic E-state index is -0.247. The van der Waals surface area contributed by atoms with Gasteiger partial charge in [0.15, 0.2) is 0 Å². The van der Waals surface area contributed by atoms with Crippen molar-refractivity contribution in [2.75, 3.05) is 19.1 Å². The maximum atomic E-state index is 11.8. The van der Waals surface area contributed by atoms with Crippen molar-refractivity contribution < 1.29 is 9.53 Å². The Labute approximate surface area is 127 Å². The zero-order chi connectivity index (χ0) is 15.0. The summed E-state index contributed by atoms with van der Waals surface area (Å²) in [7, 11) is 3.61. The Morgan fingerprint density at radius 1 is 1.33 bits per heavy atom. The zero-order valence-corrected chi connectivity index (χ0v) is 13.3. The standard InChI is InChI=1S/C18H25NO2/c1-4-15-17(12-7-5-6-8-12)14-10-9-13(18(20)21-3)11-16(14)19(15)2/h9-12,15,17H,4-8H2,1-3H3. The molecule has 3 nitrogen and oxygen atoms in total. The number of hydrogen-bond acceptors (Lipinski definition) is 3. The van der Waals surface area contributed by atoms with Crippen molar-refractivity contribution in [1.29, 1.82) is 0 Å². The molecule has 1 fully saturated rings. The van der Waals surface area contributed by atoms with E-state index in [2.05, 4.69) is 24.9 Å². The molecule has 0 spiro atoms. The molecule has 0 radical (unpaired) electrons. The van der Waals surface area contributed by atoms with E-state index in [4.69, 9.17) is 4.74 Å². The quantitative estimate of drug-likeness (QED) is 0.788. The van der Waals surface area contributed by atoms with Crippen LogP contribution < -0.4 is 4.90 Å². The molecule has 1 saturated carbocycles. The fourth-order valence-electron chi connectivity index (χ4n) is 4.42. The third kappa shape index (κ3) is 2.33. The van der Waals surface area contributed by atoms with E-state index in [0.717, 1.165) is 12.3 Å². The Kier molecular flexibility index (Phi) is 3.92. The van der Waals surface area contributed by atoms with Gasteiger partial charge in [0, 0.05) is 24.7 Å². The van der Waals surface area contributed by atoms with Gasteiger partial charge in [-0.3, -0.25) is 0 Å². The highest BCUT2D eigenvalue weighted by molar-refractivity contribution is 5.91. The van der Waals surface area contributed by atoms with Crippen LogP contribution in [0.2, 0.25) is 0 Å². The highest BCUT2D eigenvalue weighted by Crippen LogP contribution is 2.49. The van der Waals surface area contributed by atoms with E-state index in [1.54, 1.807) is 0 Å². The lowest BCUT2D eigenvalue weighted by atomic mass is 9.81. The molecular formula is C18H25NO2. The Morgan fingerprint density at radius 2 is 2.05 bits per heavy atom. The molecule has 1 aromatic rings. The predicted octanol–water partition coefficient (Wildman–Crippen LogP) is 3.98. The fraction of sp³-hybridized carbons (Fsp3) is 0.611. The lowest BCUT2D eigenvalue weighted by Crippen LogP contribution is -2.32. The van der Waals surface area contributed by atoms with Gasteiger partial charge in [-0.1, -0.05) is 25.8 Å². The third-order valence-electron chi connectivity index (χ3n) is 5.43. The van der Waals surface area contributed by atoms with Gasteiger partial charge in [-0.25, -0.2) is 4.79 Å². The molecule has 0 N–H and O–H groups in total. The van der Waals surface area contributed by atoms with Crippen molar-refractivity contribution >= 4 is 11.7 Å². The van der Waals surface area contributed by atoms with Gasteiger partial charge in [0.1, 0.15) is 0 Å². The van der Waals surface area contributed by atoms with Crippen LogP contribution in [0.1, 0.15) is 60.9 Å². The molecule has 2 atom stereocenters. The number of nitrogens with zero attached hydrogens (tertiary/aromatic N) is 1. The Hall–Kier alpha value is -1.51. The Morgan fingerprint density at radius 3 is 2.67 bits per heavy atom. The van der Waals surface area contributed by atoms with Crippen molar-refractivity contribution in [1.82, 2.24) is 0 Å². The lowest BCUT2D eigenvalue weighted by Gasteiger charge is -2.29. The number of fused-ring (bicyclic) bond motifs is 1. The second kappa shape index (κ2) is 5.70. The SMILES string of the molecule is CCC1C(C2CCCC2)c2ccc(C(=O)OC)cc2N1C. The highest BCUT2D eigenvalue weighted by Gasteiger charge is 2.41. The summed E-state index contributed by atoms with van der Waals surface area (Å²) < 4.78 is 4.85. The summed E-state index contributed by atoms with van der Waals surface area (Å²) in [4.78, 5) is 14.1. The maximum Gasteiger partial charge on any atom is 0.337 e. The first kappa shape index (κ1) is 14.4. The summed E-state index contributed by atoms with van der Waals surface area (Å²) in [6.07, 6.45) is 6.61. The van der Waals surface area contributed by atoms with Crippen LogP contribution in [0, 0.1) is 5.92 Å². The van der Waals surface area contributed by atoms with Crippen molar-refractivity contribution in [3.63, 3.8) is 0 Å². The molecule has 3 rings (SSSR count). The first-order valence-electron chi connectivity index (χ1n) is 8.12. The van der Waals surface area contributed by atoms with Gasteiger partial charge in [0.2, 0.25) is 0 Å². The number of methoxy groups -OCH3 is 1. The number of hydrogen-bond donors (Lipinski definition) is 0. The van der Waals surface area contributed by atoms with Gasteiger partial charge in [0.25, 0.3) is 0 Å². The zero-order valence-electron chi connectivity index (χ0n) is 13.3. The summed E-state index contributed by atoms with van der Waals surface area (Å²) in [5.41, 5.74) is 3.32. The number of rotatable bonds is 3. The molecule has 0 aromatic heterocycles. The molecule has 114 valence electrons. The van der Waals surface area contributed by atoms with E-state index in [9.17, 15) is 4.79 Å². The van der Waals surface area contributed by atoms with Gasteiger partial charge < -0.3 is 9.64 Å². The van der Waals surface area contributed by atoms with Crippen molar-refractivity contribution in [2.45, 2.75) is 51.0 Å². The van der Waals surface area contributed by atoms with Crippen LogP contribution in [0.25, 0.3) is 0 Å². The molecule has 21 heavy (non-hydrogen) atoms. The van der Waals surface area contributed by atoms with Crippen LogP contribution in [-0.4, -0.2) is 26.2 Å². The van der Waals surface area contributed by atoms with Crippen molar-refractivity contribution in [3.05, 3.63) is 29.3 Å². The summed E-state index contributed by atoms with van der Waals surface area (Å²) in [6.45, 7) is 2.27. The summed E-state index contributed by atoms with van der Waals surface area (Å²) in [5, 5.41) is 0. The van der Waals surface area contributed by atoms with Gasteiger partial charge in [-0.2, -0.15) is 0 Å². The van der Waals surface area contributed by atoms with Crippen LogP contribution in [0.15, 0.2) is 18.2 Å². The molecule has 0 amide bonds. The molecule has 0 bridgehead atoms. The molecule has 0 saturated heterocycles. The maximum absolute atomic E-state index is 11.8. The Bertz CT molecular complexity index is 534. The smallest absolute Gasteiger partial charge is 0.337 e. The molecule has 1 aliphatic carbocycles. The lowest BCUT2D eigenvalue weighted by molar-refractivity contribution is 0.0601. The first-order valence-corrected chi connectivity index (χ1v) is 8.12. The van der Waals surface area contributed by atoms with Crippen molar-refractivity contribution in [2.24, 2.45) is 5.92 Å². The van der Waals surface area contributed by atoms with Crippen LogP contribution >= 0.6 is 0 Å². The van der Waals surface area contributed by atoms with E-state index in [1.807, 2.05) is 12.1 Å². The second-order valence-electron chi connectivity index (χ2n) is 6.42. The van der Waals surface area contributed by atoms with Crippen molar-refractivity contribution in [3.8, 4) is 0 Å². The molecular weight excluding hydrogens is 262 g/mol. The minimum Gasteiger partial charge on any atom is -0.465 e. The first-order chi connectivity index (χ1) is 10.2. The fourth-order valence-corrected chi connectivity index (χ4v) is 4.42. The minimum absolute atomic E-state index is 0.247. The highest BCUT2D eigenvalue weighted by atomic mass is 16.5. The van der Waals surface area contributed by atoms with Crippen LogP contribution in [0.3, 0.4) is 0 Å². The number of carbonyl (C=O) groups is 1. The monoisotopic (exact) mass is 287 g/mol. The number of likely N-dealkylation sites (N-methyl/N-ethyl adjacent to an activating group) is 1. The molecule has 1 aliphatic heterocycles. The van der Waals surface area contributed by atoms with E-state index in [0.29, 0.717) is 17.5 Å². The Balaban J connectivity index is 1.99. The van der Waals surface area contributed by atoms with Gasteiger partial charge in [0.05, 0.1) is 12.7 Å². The van der Waals surface area contributed by atoms with Crippen LogP contribution in [0.4, 0.5) is 5.69 Å². The summed E-state index contributed by atoms with van der Waals surface area (Å²) >= 11 is 0. The van der Waals surface area contributed by atoms with Gasteiger partial charge in [-0.05, 0) is 42.9 Å². The number of esters is 1. The number of carbonyl (C=O) groups excluding carboxylic acids is 1. The largest absolute Gasteiger partial charge is 0.465 e. The van der Waals surface area contributed by atoms with E-state index >= 15 is 0 Å². The van der Waals surface area contributed by atoms with E-state index < -0.39 is 0 Å². The van der Waals surface area contributed by atoms with E-state index in [-0.39, 0.29) is 5.97 Å². The van der Waals surface area contributed by atoms with Crippen LogP contribution in [-0.2, 0) is 4.74 Å². The number of ether oxygens (including phenoxy) is 1. The van der Waals surface area contributed by atoms with Crippen LogP contribution in [0.5, 0.6) is 0 Å². The molecule has 3 heteroatoms. The van der Waals surface area contributed by atoms with E-state index in [1.165, 1.54) is 44.0 Å². The molecule has 1 heterocycles. The molecule has 1 aromatic carbocycles. The third-order valence-corrected chi connectivity index (χ3v) is 5.43. The van der Waals surface area contributed by atoms with Gasteiger partial charge in [-0.15, -0.1) is 0 Å². The normalized spacial score (nSPS) is 25.2. The molecule has 2 unspecified atom stereocenters. The molecule has 2 aliphatic rings. The summed E-state index contributed by atoms with van der Waals surface area (Å²) in [6, 6.07) is 6.67. The number of benzene rings is 1. The van der Waals surface area contributed by atoms with Gasteiger partial charge >= 0.3 is 5.97 Å². The predicted molar refractivity (Wildman–Crippen MR) is 85.0 cm³/mol. The number of anilines is 1. The second-order valence-corrected chi connectivity index (χ2v) is 6.42. The topological polar surface area (TPSA) is 29.5 Å².